The topological polar surface area (TPSA) is 156 Å². The standard InChI is InChI=1S/C5H2N2O4.2H2O.Y/c8-2-6-4(10)1-5(11)7-3-9;;;/h1H2;2*1H2;. The summed E-state index contributed by atoms with van der Waals surface area (Å²) in [4.78, 5) is 44.6. The van der Waals surface area contributed by atoms with Crippen LogP contribution in [0, 0.1) is 0 Å². The summed E-state index contributed by atoms with van der Waals surface area (Å²) < 4.78 is 0. The Hall–Kier alpha value is -0.876. The number of nitrogens with zero attached hydrogens (tertiary/aromatic N) is 2. The van der Waals surface area contributed by atoms with Crippen molar-refractivity contribution in [2.45, 2.75) is 6.42 Å². The first-order chi connectivity index (χ1) is 5.20. The molecule has 0 bridgehead atoms. The molecule has 0 aliphatic carbocycles. The minimum atomic E-state index is -0.982. The minimum Gasteiger partial charge on any atom is -0.412 e. The molecule has 0 aromatic heterocycles. The largest absolute Gasteiger partial charge is 0.412 e. The Labute approximate surface area is 103 Å². The van der Waals surface area contributed by atoms with Crippen molar-refractivity contribution in [1.82, 2.24) is 0 Å². The minimum absolute atomic E-state index is 0. The fourth-order valence-corrected chi connectivity index (χ4v) is 0.310. The van der Waals surface area contributed by atoms with Crippen molar-refractivity contribution in [2.24, 2.45) is 9.98 Å². The van der Waals surface area contributed by atoms with Crippen LogP contribution in [0.4, 0.5) is 0 Å². The Bertz CT molecular complexity index is 250. The Kier molecular flexibility index (Phi) is 24.2. The van der Waals surface area contributed by atoms with E-state index in [2.05, 4.69) is 9.98 Å². The van der Waals surface area contributed by atoms with Gasteiger partial charge in [-0.05, 0) is 0 Å². The molecule has 0 aliphatic rings. The van der Waals surface area contributed by atoms with Crippen LogP contribution < -0.4 is 0 Å². The molecule has 0 heterocycles. The van der Waals surface area contributed by atoms with Crippen LogP contribution in [0.3, 0.4) is 0 Å². The van der Waals surface area contributed by atoms with Gasteiger partial charge < -0.3 is 11.0 Å². The van der Waals surface area contributed by atoms with Crippen LogP contribution in [0.2, 0.25) is 0 Å². The van der Waals surface area contributed by atoms with Crippen molar-refractivity contribution < 1.29 is 62.8 Å². The van der Waals surface area contributed by atoms with E-state index in [1.54, 1.807) is 0 Å². The van der Waals surface area contributed by atoms with E-state index in [0.29, 0.717) is 0 Å². The van der Waals surface area contributed by atoms with Gasteiger partial charge in [-0.15, -0.1) is 9.98 Å². The summed E-state index contributed by atoms with van der Waals surface area (Å²) in [5, 5.41) is 0. The van der Waals surface area contributed by atoms with Gasteiger partial charge >= 0.3 is 0 Å². The van der Waals surface area contributed by atoms with E-state index in [-0.39, 0.29) is 43.7 Å². The van der Waals surface area contributed by atoms with Gasteiger partial charge in [0.2, 0.25) is 12.2 Å². The van der Waals surface area contributed by atoms with E-state index in [9.17, 15) is 19.2 Å². The van der Waals surface area contributed by atoms with E-state index in [0.717, 1.165) is 12.2 Å². The van der Waals surface area contributed by atoms with Gasteiger partial charge in [0.15, 0.2) is 0 Å². The van der Waals surface area contributed by atoms with E-state index in [4.69, 9.17) is 0 Å². The zero-order valence-electron chi connectivity index (χ0n) is 6.81. The molecule has 0 saturated carbocycles. The predicted octanol–water partition coefficient (Wildman–Crippen LogP) is -2.55. The Balaban J connectivity index is -0.000000167. The third-order valence-electron chi connectivity index (χ3n) is 0.643. The van der Waals surface area contributed by atoms with Crippen LogP contribution in [0.25, 0.3) is 0 Å². The fourth-order valence-electron chi connectivity index (χ4n) is 0.310. The Morgan fingerprint density at radius 1 is 0.929 bits per heavy atom. The number of carbonyl (C=O) groups excluding carboxylic acids is 4. The zero-order chi connectivity index (χ0) is 8.69. The summed E-state index contributed by atoms with van der Waals surface area (Å²) in [6, 6.07) is 0. The van der Waals surface area contributed by atoms with Gasteiger partial charge in [0.05, 0.1) is 0 Å². The Morgan fingerprint density at radius 2 is 1.21 bits per heavy atom. The summed E-state index contributed by atoms with van der Waals surface area (Å²) in [5.74, 6) is -1.96. The van der Waals surface area contributed by atoms with Crippen molar-refractivity contribution in [2.75, 3.05) is 0 Å². The molecule has 2 amide bonds. The molecule has 14 heavy (non-hydrogen) atoms. The Morgan fingerprint density at radius 3 is 1.43 bits per heavy atom. The molecule has 0 aliphatic heterocycles. The molecule has 75 valence electrons. The van der Waals surface area contributed by atoms with Gasteiger partial charge in [-0.1, -0.05) is 0 Å². The molecule has 0 rings (SSSR count). The number of hydrogen-bond donors (Lipinski definition) is 0. The predicted molar refractivity (Wildman–Crippen MR) is 38.1 cm³/mol. The van der Waals surface area contributed by atoms with E-state index in [1.807, 2.05) is 0 Å². The molecule has 4 N–H and O–H groups in total. The molecule has 0 atom stereocenters. The molecular formula is C5H6N2O6Y. The molecule has 0 unspecified atom stereocenters. The third-order valence-corrected chi connectivity index (χ3v) is 0.643. The van der Waals surface area contributed by atoms with Crippen molar-refractivity contribution in [3.8, 4) is 0 Å². The molecule has 0 aromatic carbocycles. The van der Waals surface area contributed by atoms with Gasteiger partial charge in [-0.2, -0.15) is 0 Å². The van der Waals surface area contributed by atoms with Crippen molar-refractivity contribution >= 4 is 24.0 Å². The average molecular weight is 279 g/mol. The van der Waals surface area contributed by atoms with Crippen LogP contribution in [0.5, 0.6) is 0 Å². The molecule has 0 spiro atoms. The summed E-state index contributed by atoms with van der Waals surface area (Å²) in [7, 11) is 0. The number of isocyanates is 2. The van der Waals surface area contributed by atoms with Crippen LogP contribution in [0.15, 0.2) is 9.98 Å². The molecule has 0 aromatic rings. The summed E-state index contributed by atoms with van der Waals surface area (Å²) >= 11 is 0. The van der Waals surface area contributed by atoms with E-state index >= 15 is 0 Å². The molecular weight excluding hydrogens is 273 g/mol. The first-order valence-electron chi connectivity index (χ1n) is 2.42. The van der Waals surface area contributed by atoms with Crippen LogP contribution in [0.1, 0.15) is 6.42 Å². The molecule has 0 saturated heterocycles. The first kappa shape index (κ1) is 23.2. The summed E-state index contributed by atoms with van der Waals surface area (Å²) in [6.07, 6.45) is 1.19. The van der Waals surface area contributed by atoms with Gasteiger partial charge in [0.1, 0.15) is 6.42 Å². The molecule has 1 radical (unpaired) electrons. The van der Waals surface area contributed by atoms with Crippen molar-refractivity contribution in [1.29, 1.82) is 0 Å². The summed E-state index contributed by atoms with van der Waals surface area (Å²) in [5.41, 5.74) is 0. The maximum atomic E-state index is 10.3. The van der Waals surface area contributed by atoms with Crippen LogP contribution in [-0.4, -0.2) is 34.9 Å². The third kappa shape index (κ3) is 13.7. The van der Waals surface area contributed by atoms with Crippen LogP contribution >= 0.6 is 0 Å². The second-order valence-electron chi connectivity index (χ2n) is 1.37. The van der Waals surface area contributed by atoms with Gasteiger partial charge in [0.25, 0.3) is 11.8 Å². The second-order valence-corrected chi connectivity index (χ2v) is 1.37. The summed E-state index contributed by atoms with van der Waals surface area (Å²) in [6.45, 7) is 0. The van der Waals surface area contributed by atoms with E-state index < -0.39 is 18.2 Å². The maximum Gasteiger partial charge on any atom is 0.265 e. The molecule has 9 heteroatoms. The van der Waals surface area contributed by atoms with Crippen LogP contribution in [-0.2, 0) is 51.9 Å². The maximum absolute atomic E-state index is 10.3. The van der Waals surface area contributed by atoms with Gasteiger partial charge in [-0.3, -0.25) is 9.59 Å². The monoisotopic (exact) mass is 279 g/mol. The number of amides is 2. The van der Waals surface area contributed by atoms with Gasteiger partial charge in [0, 0.05) is 32.7 Å². The number of aliphatic imine (C=N–C) groups is 2. The van der Waals surface area contributed by atoms with Crippen molar-refractivity contribution in [3.63, 3.8) is 0 Å². The quantitative estimate of drug-likeness (QED) is 0.309. The zero-order valence-corrected chi connectivity index (χ0v) is 9.65. The normalized spacial score (nSPS) is 5.71. The van der Waals surface area contributed by atoms with E-state index in [1.165, 1.54) is 0 Å². The average Bonchev–Trinajstić information content (AvgIpc) is 1.87. The molecule has 0 fully saturated rings. The number of hydrogen-bond acceptors (Lipinski definition) is 4. The van der Waals surface area contributed by atoms with Gasteiger partial charge in [-0.25, -0.2) is 9.59 Å². The number of carbonyl (C=O) groups is 2. The number of rotatable bonds is 2. The molecule has 8 nitrogen and oxygen atoms in total. The first-order valence-corrected chi connectivity index (χ1v) is 2.42. The fraction of sp³-hybridized carbons (Fsp3) is 0.200. The second kappa shape index (κ2) is 14.6. The SMILES string of the molecule is O.O.O=C=NC(=O)CC(=O)N=C=O.[Y]. The van der Waals surface area contributed by atoms with Crippen molar-refractivity contribution in [3.05, 3.63) is 0 Å². The smallest absolute Gasteiger partial charge is 0.265 e.